The fourth-order valence-electron chi connectivity index (χ4n) is 4.95. The van der Waals surface area contributed by atoms with Crippen LogP contribution in [0.3, 0.4) is 0 Å². The summed E-state index contributed by atoms with van der Waals surface area (Å²) in [6, 6.07) is 21.1. The van der Waals surface area contributed by atoms with Crippen LogP contribution >= 0.6 is 0 Å². The number of fused-ring (bicyclic) bond motifs is 3. The number of aromatic nitrogens is 2. The van der Waals surface area contributed by atoms with E-state index in [1.165, 1.54) is 17.0 Å². The third-order valence-electron chi connectivity index (χ3n) is 6.63. The van der Waals surface area contributed by atoms with Gasteiger partial charge in [0.25, 0.3) is 0 Å². The van der Waals surface area contributed by atoms with Gasteiger partial charge in [-0.05, 0) is 32.9 Å². The molecular weight excluding hydrogens is 394 g/mol. The molecule has 0 saturated carbocycles. The highest BCUT2D eigenvalue weighted by molar-refractivity contribution is 6.06. The molecule has 4 heteroatoms. The minimum Gasteiger partial charge on any atom is -0.491 e. The molecule has 0 amide bonds. The largest absolute Gasteiger partial charge is 0.491 e. The molecule has 0 unspecified atom stereocenters. The number of nitrogens with zero attached hydrogens (tertiary/aromatic N) is 3. The fraction of sp³-hybridized carbons (Fsp3) is 0.250. The SMILES string of the molecule is CCOc1cccc2c1nc1c(/C=C/C3=[N+](C)c4ccccc4C3(C)C)cccc1[n+]2C. The van der Waals surface area contributed by atoms with Gasteiger partial charge in [-0.1, -0.05) is 36.4 Å². The zero-order valence-corrected chi connectivity index (χ0v) is 19.4. The van der Waals surface area contributed by atoms with Crippen LogP contribution in [0.25, 0.3) is 28.1 Å². The molecule has 0 radical (unpaired) electrons. The summed E-state index contributed by atoms with van der Waals surface area (Å²) in [6.45, 7) is 7.20. The molecule has 2 heterocycles. The standard InChI is InChI=1S/C28H29N3O/c1-6-32-24-16-10-15-23-27(24)29-26-19(11-9-14-22(26)30(23)4)17-18-25-28(2,3)20-12-7-8-13-21(20)31(25)5/h7-18H,6H2,1-5H3/q+2. The van der Waals surface area contributed by atoms with E-state index in [1.807, 2.05) is 19.1 Å². The Hall–Kier alpha value is -3.53. The van der Waals surface area contributed by atoms with Crippen LogP contribution in [0.2, 0.25) is 0 Å². The lowest BCUT2D eigenvalue weighted by molar-refractivity contribution is -0.618. The summed E-state index contributed by atoms with van der Waals surface area (Å²) < 4.78 is 10.4. The molecule has 0 bridgehead atoms. The number of ether oxygens (including phenoxy) is 1. The van der Waals surface area contributed by atoms with E-state index in [1.54, 1.807) is 0 Å². The zero-order valence-electron chi connectivity index (χ0n) is 19.4. The van der Waals surface area contributed by atoms with Crippen LogP contribution in [0.15, 0.2) is 66.7 Å². The van der Waals surface area contributed by atoms with E-state index in [2.05, 4.69) is 97.8 Å². The van der Waals surface area contributed by atoms with Gasteiger partial charge in [-0.2, -0.15) is 9.14 Å². The predicted octanol–water partition coefficient (Wildman–Crippen LogP) is 5.33. The van der Waals surface area contributed by atoms with Crippen molar-refractivity contribution >= 4 is 39.5 Å². The van der Waals surface area contributed by atoms with E-state index in [4.69, 9.17) is 9.72 Å². The topological polar surface area (TPSA) is 29.0 Å². The molecule has 160 valence electrons. The smallest absolute Gasteiger partial charge is 0.235 e. The van der Waals surface area contributed by atoms with Gasteiger partial charge in [0, 0.05) is 35.4 Å². The molecule has 1 aromatic heterocycles. The number of aryl methyl sites for hydroxylation is 1. The van der Waals surface area contributed by atoms with E-state index in [0.29, 0.717) is 6.61 Å². The summed E-state index contributed by atoms with van der Waals surface area (Å²) in [7, 11) is 4.24. The van der Waals surface area contributed by atoms with E-state index in [-0.39, 0.29) is 5.41 Å². The highest BCUT2D eigenvalue weighted by atomic mass is 16.5. The molecule has 4 aromatic rings. The van der Waals surface area contributed by atoms with Crippen LogP contribution in [0.4, 0.5) is 5.69 Å². The van der Waals surface area contributed by atoms with Crippen LogP contribution in [0.5, 0.6) is 5.75 Å². The first-order chi connectivity index (χ1) is 15.4. The van der Waals surface area contributed by atoms with Crippen molar-refractivity contribution < 1.29 is 13.9 Å². The molecule has 5 rings (SSSR count). The molecule has 0 N–H and O–H groups in total. The van der Waals surface area contributed by atoms with Crippen molar-refractivity contribution in [1.82, 2.24) is 4.98 Å². The predicted molar refractivity (Wildman–Crippen MR) is 131 cm³/mol. The molecule has 1 aliphatic rings. The Labute approximate surface area is 189 Å². The Kier molecular flexibility index (Phi) is 4.81. The van der Waals surface area contributed by atoms with Crippen molar-refractivity contribution in [2.24, 2.45) is 7.05 Å². The molecule has 0 atom stereocenters. The Morgan fingerprint density at radius 2 is 1.59 bits per heavy atom. The highest BCUT2D eigenvalue weighted by Gasteiger charge is 2.42. The van der Waals surface area contributed by atoms with E-state index >= 15 is 0 Å². The van der Waals surface area contributed by atoms with Crippen LogP contribution in [0.1, 0.15) is 31.9 Å². The normalized spacial score (nSPS) is 15.2. The number of rotatable bonds is 4. The average Bonchev–Trinajstić information content (AvgIpc) is 2.99. The average molecular weight is 424 g/mol. The molecule has 0 aliphatic carbocycles. The van der Waals surface area contributed by atoms with Crippen molar-refractivity contribution in [2.45, 2.75) is 26.2 Å². The number of benzene rings is 3. The third-order valence-corrected chi connectivity index (χ3v) is 6.63. The zero-order chi connectivity index (χ0) is 22.5. The highest BCUT2D eigenvalue weighted by Crippen LogP contribution is 2.39. The Bertz CT molecular complexity index is 1430. The van der Waals surface area contributed by atoms with Gasteiger partial charge in [-0.15, -0.1) is 0 Å². The maximum Gasteiger partial charge on any atom is 0.235 e. The summed E-state index contributed by atoms with van der Waals surface area (Å²) >= 11 is 0. The summed E-state index contributed by atoms with van der Waals surface area (Å²) in [5.41, 5.74) is 8.97. The van der Waals surface area contributed by atoms with E-state index in [0.717, 1.165) is 33.4 Å². The maximum atomic E-state index is 5.88. The van der Waals surface area contributed by atoms with Gasteiger partial charge < -0.3 is 4.74 Å². The number of para-hydroxylation sites is 3. The molecule has 3 aromatic carbocycles. The van der Waals surface area contributed by atoms with Crippen molar-refractivity contribution in [2.75, 3.05) is 13.7 Å². The van der Waals surface area contributed by atoms with Gasteiger partial charge in [-0.25, -0.2) is 4.98 Å². The first-order valence-electron chi connectivity index (χ1n) is 11.2. The van der Waals surface area contributed by atoms with E-state index < -0.39 is 0 Å². The minimum absolute atomic E-state index is 0.0562. The van der Waals surface area contributed by atoms with Gasteiger partial charge in [0.1, 0.15) is 19.6 Å². The number of allylic oxidation sites excluding steroid dienone is 1. The van der Waals surface area contributed by atoms with E-state index in [9.17, 15) is 0 Å². The molecule has 1 aliphatic heterocycles. The minimum atomic E-state index is -0.0562. The quantitative estimate of drug-likeness (QED) is 0.328. The van der Waals surface area contributed by atoms with Crippen molar-refractivity contribution in [1.29, 1.82) is 0 Å². The van der Waals surface area contributed by atoms with Gasteiger partial charge in [0.05, 0.1) is 12.0 Å². The summed E-state index contributed by atoms with van der Waals surface area (Å²) in [5, 5.41) is 0. The second-order valence-corrected chi connectivity index (χ2v) is 8.86. The van der Waals surface area contributed by atoms with Gasteiger partial charge >= 0.3 is 0 Å². The van der Waals surface area contributed by atoms with Crippen molar-refractivity contribution in [3.05, 3.63) is 77.9 Å². The third kappa shape index (κ3) is 3.01. The number of hydrogen-bond acceptors (Lipinski definition) is 2. The van der Waals surface area contributed by atoms with Gasteiger partial charge in [0.2, 0.25) is 16.7 Å². The first kappa shape index (κ1) is 20.4. The van der Waals surface area contributed by atoms with Crippen molar-refractivity contribution in [3.8, 4) is 5.75 Å². The number of hydrogen-bond donors (Lipinski definition) is 0. The monoisotopic (exact) mass is 423 g/mol. The van der Waals surface area contributed by atoms with Crippen LogP contribution in [0, 0.1) is 0 Å². The molecule has 0 fully saturated rings. The first-order valence-corrected chi connectivity index (χ1v) is 11.2. The van der Waals surface area contributed by atoms with Gasteiger partial charge in [0.15, 0.2) is 17.0 Å². The van der Waals surface area contributed by atoms with Gasteiger partial charge in [-0.3, -0.25) is 0 Å². The van der Waals surface area contributed by atoms with Crippen LogP contribution < -0.4 is 9.30 Å². The molecule has 32 heavy (non-hydrogen) atoms. The van der Waals surface area contributed by atoms with Crippen LogP contribution in [-0.4, -0.2) is 28.9 Å². The fourth-order valence-corrected chi connectivity index (χ4v) is 4.95. The Morgan fingerprint density at radius 1 is 0.875 bits per heavy atom. The lowest BCUT2D eigenvalue weighted by Gasteiger charge is -2.15. The molecular formula is C28H29N3O+2. The summed E-state index contributed by atoms with van der Waals surface area (Å²) in [6.07, 6.45) is 4.44. The molecule has 0 saturated heterocycles. The second-order valence-electron chi connectivity index (χ2n) is 8.86. The molecule has 0 spiro atoms. The summed E-state index contributed by atoms with van der Waals surface area (Å²) in [5.74, 6) is 0.822. The Morgan fingerprint density at radius 3 is 2.34 bits per heavy atom. The second kappa shape index (κ2) is 7.56. The lowest BCUT2D eigenvalue weighted by atomic mass is 9.81. The van der Waals surface area contributed by atoms with Crippen molar-refractivity contribution in [3.63, 3.8) is 0 Å². The van der Waals surface area contributed by atoms with Crippen LogP contribution in [-0.2, 0) is 12.5 Å². The maximum absolute atomic E-state index is 5.88. The summed E-state index contributed by atoms with van der Waals surface area (Å²) in [4.78, 5) is 5.08. The Balaban J connectivity index is 1.67. The molecule has 4 nitrogen and oxygen atoms in total. The lowest BCUT2D eigenvalue weighted by Crippen LogP contribution is -2.31.